The molecule has 24 heavy (non-hydrogen) atoms. The van der Waals surface area contributed by atoms with Crippen molar-refractivity contribution >= 4 is 28.9 Å². The maximum absolute atomic E-state index is 6.41. The van der Waals surface area contributed by atoms with Crippen molar-refractivity contribution in [3.63, 3.8) is 0 Å². The molecule has 2 atom stereocenters. The van der Waals surface area contributed by atoms with Crippen LogP contribution in [0.2, 0.25) is 10.0 Å². The summed E-state index contributed by atoms with van der Waals surface area (Å²) in [6.45, 7) is 3.30. The van der Waals surface area contributed by atoms with Crippen molar-refractivity contribution in [3.05, 3.63) is 45.6 Å². The summed E-state index contributed by atoms with van der Waals surface area (Å²) in [5.74, 6) is 0.488. The zero-order chi connectivity index (χ0) is 16.3. The van der Waals surface area contributed by atoms with E-state index in [1.807, 2.05) is 12.1 Å². The first-order valence-electron chi connectivity index (χ1n) is 8.27. The molecule has 1 aromatic carbocycles. The lowest BCUT2D eigenvalue weighted by molar-refractivity contribution is 0.100. The number of aromatic nitrogens is 1. The third-order valence-electron chi connectivity index (χ3n) is 5.30. The van der Waals surface area contributed by atoms with Crippen LogP contribution in [-0.4, -0.2) is 30.8 Å². The molecule has 3 aliphatic rings. The first-order valence-corrected chi connectivity index (χ1v) is 9.02. The van der Waals surface area contributed by atoms with Crippen molar-refractivity contribution in [2.45, 2.75) is 25.0 Å². The van der Waals surface area contributed by atoms with Crippen LogP contribution in [0.25, 0.3) is 11.3 Å². The van der Waals surface area contributed by atoms with Gasteiger partial charge in [-0.15, -0.1) is 0 Å². The minimum Gasteiger partial charge on any atom is -0.355 e. The van der Waals surface area contributed by atoms with Gasteiger partial charge in [-0.3, -0.25) is 0 Å². The van der Waals surface area contributed by atoms with E-state index in [9.17, 15) is 0 Å². The van der Waals surface area contributed by atoms with Crippen molar-refractivity contribution in [2.24, 2.45) is 0 Å². The van der Waals surface area contributed by atoms with Crippen molar-refractivity contribution in [1.29, 1.82) is 0 Å². The molecule has 4 nitrogen and oxygen atoms in total. The molecule has 0 aliphatic carbocycles. The third kappa shape index (κ3) is 2.17. The molecular formula is C18H17Cl2N3O. The van der Waals surface area contributed by atoms with Gasteiger partial charge >= 0.3 is 0 Å². The number of ether oxygens (including phenoxy) is 1. The lowest BCUT2D eigenvalue weighted by Gasteiger charge is -2.35. The number of halogens is 2. The normalized spacial score (nSPS) is 24.7. The number of benzene rings is 1. The van der Waals surface area contributed by atoms with E-state index >= 15 is 0 Å². The Morgan fingerprint density at radius 3 is 3.04 bits per heavy atom. The third-order valence-corrected chi connectivity index (χ3v) is 5.85. The largest absolute Gasteiger partial charge is 0.355 e. The predicted octanol–water partition coefficient (Wildman–Crippen LogP) is 3.81. The van der Waals surface area contributed by atoms with E-state index in [0.29, 0.717) is 35.3 Å². The van der Waals surface area contributed by atoms with Crippen LogP contribution >= 0.6 is 23.2 Å². The van der Waals surface area contributed by atoms with Crippen molar-refractivity contribution < 1.29 is 4.74 Å². The zero-order valence-electron chi connectivity index (χ0n) is 13.1. The minimum atomic E-state index is 0.488. The van der Waals surface area contributed by atoms with Crippen molar-refractivity contribution in [2.75, 3.05) is 24.7 Å². The van der Waals surface area contributed by atoms with Crippen LogP contribution in [0.15, 0.2) is 24.3 Å². The summed E-state index contributed by atoms with van der Waals surface area (Å²) in [7, 11) is 0. The van der Waals surface area contributed by atoms with Crippen LogP contribution in [-0.2, 0) is 11.3 Å². The van der Waals surface area contributed by atoms with Crippen LogP contribution in [0, 0.1) is 0 Å². The van der Waals surface area contributed by atoms with Crippen LogP contribution in [0.4, 0.5) is 5.69 Å². The number of nitrogens with one attached hydrogen (secondary N) is 1. The van der Waals surface area contributed by atoms with Crippen LogP contribution in [0.5, 0.6) is 0 Å². The summed E-state index contributed by atoms with van der Waals surface area (Å²) < 4.78 is 5.81. The van der Waals surface area contributed by atoms with Gasteiger partial charge in [-0.25, -0.2) is 4.98 Å². The van der Waals surface area contributed by atoms with E-state index in [0.717, 1.165) is 36.5 Å². The van der Waals surface area contributed by atoms with Gasteiger partial charge in [0.25, 0.3) is 0 Å². The number of fused-ring (bicyclic) bond motifs is 3. The number of pyridine rings is 1. The van der Waals surface area contributed by atoms with Gasteiger partial charge in [0.1, 0.15) is 6.73 Å². The van der Waals surface area contributed by atoms with Gasteiger partial charge in [0.15, 0.2) is 0 Å². The molecule has 1 aromatic heterocycles. The van der Waals surface area contributed by atoms with Gasteiger partial charge in [0.05, 0.1) is 28.7 Å². The number of piperidine rings is 1. The Morgan fingerprint density at radius 2 is 2.17 bits per heavy atom. The topological polar surface area (TPSA) is 37.4 Å². The molecule has 0 bridgehead atoms. The maximum Gasteiger partial charge on any atom is 0.119 e. The Hall–Kier alpha value is -1.33. The molecule has 5 rings (SSSR count). The number of hydrogen-bond acceptors (Lipinski definition) is 4. The summed E-state index contributed by atoms with van der Waals surface area (Å²) in [5.41, 5.74) is 5.51. The Kier molecular flexibility index (Phi) is 3.49. The molecule has 0 radical (unpaired) electrons. The molecule has 2 unspecified atom stereocenters. The number of anilines is 1. The second-order valence-electron chi connectivity index (χ2n) is 6.63. The van der Waals surface area contributed by atoms with E-state index in [2.05, 4.69) is 16.3 Å². The average Bonchev–Trinajstić information content (AvgIpc) is 2.91. The lowest BCUT2D eigenvalue weighted by Crippen LogP contribution is -2.45. The van der Waals surface area contributed by atoms with Crippen molar-refractivity contribution in [1.82, 2.24) is 10.3 Å². The Bertz CT molecular complexity index is 826. The highest BCUT2D eigenvalue weighted by Gasteiger charge is 2.43. The fourth-order valence-corrected chi connectivity index (χ4v) is 4.77. The fourth-order valence-electron chi connectivity index (χ4n) is 4.26. The monoisotopic (exact) mass is 361 g/mol. The summed E-state index contributed by atoms with van der Waals surface area (Å²) in [5, 5.41) is 4.80. The van der Waals surface area contributed by atoms with Gasteiger partial charge < -0.3 is 15.0 Å². The quantitative estimate of drug-likeness (QED) is 0.837. The highest BCUT2D eigenvalue weighted by Crippen LogP contribution is 2.48. The average molecular weight is 362 g/mol. The maximum atomic E-state index is 6.41. The zero-order valence-corrected chi connectivity index (χ0v) is 14.6. The molecule has 124 valence electrons. The second-order valence-corrected chi connectivity index (χ2v) is 7.47. The molecule has 0 saturated carbocycles. The molecule has 0 amide bonds. The van der Waals surface area contributed by atoms with E-state index in [4.69, 9.17) is 32.9 Å². The van der Waals surface area contributed by atoms with E-state index in [1.165, 1.54) is 11.3 Å². The molecule has 0 spiro atoms. The smallest absolute Gasteiger partial charge is 0.119 e. The standard InChI is InChI=1S/C18H17Cl2N3O/c19-10-1-2-11(14(20)5-10)15-6-12-13-7-21-4-3-17(13)23-9-24-8-16(22-15)18(12)23/h1-2,5-6,13,17,21H,3-4,7-9H2. The van der Waals surface area contributed by atoms with Crippen molar-refractivity contribution in [3.8, 4) is 11.3 Å². The predicted molar refractivity (Wildman–Crippen MR) is 95.8 cm³/mol. The van der Waals surface area contributed by atoms with Gasteiger partial charge in [-0.2, -0.15) is 0 Å². The van der Waals surface area contributed by atoms with Gasteiger partial charge in [0, 0.05) is 29.1 Å². The minimum absolute atomic E-state index is 0.488. The van der Waals surface area contributed by atoms with Gasteiger partial charge in [0.2, 0.25) is 0 Å². The highest BCUT2D eigenvalue weighted by atomic mass is 35.5. The molecule has 4 heterocycles. The van der Waals surface area contributed by atoms with Crippen LogP contribution in [0.3, 0.4) is 0 Å². The van der Waals surface area contributed by atoms with E-state index in [1.54, 1.807) is 6.07 Å². The molecule has 2 aromatic rings. The Balaban J connectivity index is 1.68. The highest BCUT2D eigenvalue weighted by molar-refractivity contribution is 6.36. The Morgan fingerprint density at radius 1 is 1.25 bits per heavy atom. The molecule has 6 heteroatoms. The SMILES string of the molecule is Clc1ccc(-c2cc3c4c(n2)COCN4C2CCNCC32)c(Cl)c1. The molecule has 1 N–H and O–H groups in total. The van der Waals surface area contributed by atoms with Gasteiger partial charge in [-0.1, -0.05) is 23.2 Å². The summed E-state index contributed by atoms with van der Waals surface area (Å²) in [6, 6.07) is 8.30. The molecule has 1 fully saturated rings. The van der Waals surface area contributed by atoms with E-state index < -0.39 is 0 Å². The molecular weight excluding hydrogens is 345 g/mol. The van der Waals surface area contributed by atoms with E-state index in [-0.39, 0.29) is 0 Å². The summed E-state index contributed by atoms with van der Waals surface area (Å²) in [4.78, 5) is 7.27. The first kappa shape index (κ1) is 15.0. The summed E-state index contributed by atoms with van der Waals surface area (Å²) in [6.07, 6.45) is 1.14. The Labute approximate surface area is 150 Å². The summed E-state index contributed by atoms with van der Waals surface area (Å²) >= 11 is 12.4. The first-order chi connectivity index (χ1) is 11.7. The number of nitrogens with zero attached hydrogens (tertiary/aromatic N) is 2. The van der Waals surface area contributed by atoms with Crippen LogP contribution < -0.4 is 10.2 Å². The number of hydrogen-bond donors (Lipinski definition) is 1. The lowest BCUT2D eigenvalue weighted by atomic mass is 9.89. The fraction of sp³-hybridized carbons (Fsp3) is 0.389. The molecule has 3 aliphatic heterocycles. The number of rotatable bonds is 1. The second kappa shape index (κ2) is 5.60. The molecule has 1 saturated heterocycles. The van der Waals surface area contributed by atoms with Gasteiger partial charge in [-0.05, 0) is 42.8 Å². The van der Waals surface area contributed by atoms with Crippen LogP contribution in [0.1, 0.15) is 23.6 Å².